The lowest BCUT2D eigenvalue weighted by atomic mass is 9.95. The van der Waals surface area contributed by atoms with Gasteiger partial charge in [0.05, 0.1) is 5.56 Å². The number of hydrogen-bond donors (Lipinski definition) is 0. The lowest BCUT2D eigenvalue weighted by Gasteiger charge is -2.38. The molecule has 2 rings (SSSR count). The van der Waals surface area contributed by atoms with Crippen LogP contribution in [-0.2, 0) is 0 Å². The first-order valence-electron chi connectivity index (χ1n) is 5.94. The molecule has 4 heteroatoms. The van der Waals surface area contributed by atoms with E-state index >= 15 is 0 Å². The van der Waals surface area contributed by atoms with Crippen molar-refractivity contribution in [2.75, 3.05) is 11.4 Å². The molecule has 1 aromatic rings. The SMILES string of the molecule is CC1CCC(C)N(c2nccc(C#N)c2Cl)C1. The van der Waals surface area contributed by atoms with Crippen LogP contribution in [0.4, 0.5) is 5.82 Å². The summed E-state index contributed by atoms with van der Waals surface area (Å²) >= 11 is 6.23. The summed E-state index contributed by atoms with van der Waals surface area (Å²) < 4.78 is 0. The Balaban J connectivity index is 2.36. The predicted octanol–water partition coefficient (Wildman–Crippen LogP) is 3.23. The number of nitriles is 1. The lowest BCUT2D eigenvalue weighted by Crippen LogP contribution is -2.41. The van der Waals surface area contributed by atoms with Crippen LogP contribution in [0.5, 0.6) is 0 Å². The van der Waals surface area contributed by atoms with Gasteiger partial charge in [-0.3, -0.25) is 0 Å². The van der Waals surface area contributed by atoms with Crippen molar-refractivity contribution in [3.8, 4) is 6.07 Å². The number of pyridine rings is 1. The quantitative estimate of drug-likeness (QED) is 0.767. The van der Waals surface area contributed by atoms with Crippen molar-refractivity contribution in [1.29, 1.82) is 5.26 Å². The van der Waals surface area contributed by atoms with Gasteiger partial charge in [-0.2, -0.15) is 5.26 Å². The molecule has 1 aliphatic rings. The minimum Gasteiger partial charge on any atom is -0.352 e. The highest BCUT2D eigenvalue weighted by Crippen LogP contribution is 2.32. The maximum Gasteiger partial charge on any atom is 0.148 e. The van der Waals surface area contributed by atoms with E-state index in [2.05, 4.69) is 29.8 Å². The average molecular weight is 250 g/mol. The minimum atomic E-state index is 0.435. The minimum absolute atomic E-state index is 0.435. The summed E-state index contributed by atoms with van der Waals surface area (Å²) in [6.45, 7) is 5.38. The largest absolute Gasteiger partial charge is 0.352 e. The van der Waals surface area contributed by atoms with Crippen molar-refractivity contribution in [3.63, 3.8) is 0 Å². The molecule has 0 amide bonds. The van der Waals surface area contributed by atoms with Gasteiger partial charge in [-0.1, -0.05) is 18.5 Å². The molecule has 1 fully saturated rings. The van der Waals surface area contributed by atoms with Crippen molar-refractivity contribution in [1.82, 2.24) is 4.98 Å². The first-order valence-corrected chi connectivity index (χ1v) is 6.32. The molecule has 1 aromatic heterocycles. The summed E-state index contributed by atoms with van der Waals surface area (Å²) in [5.74, 6) is 1.40. The Bertz CT molecular complexity index is 452. The molecule has 1 saturated heterocycles. The number of halogens is 1. The Labute approximate surface area is 107 Å². The van der Waals surface area contributed by atoms with Gasteiger partial charge >= 0.3 is 0 Å². The van der Waals surface area contributed by atoms with Gasteiger partial charge < -0.3 is 4.90 Å². The van der Waals surface area contributed by atoms with E-state index in [-0.39, 0.29) is 0 Å². The highest BCUT2D eigenvalue weighted by atomic mass is 35.5. The lowest BCUT2D eigenvalue weighted by molar-refractivity contribution is 0.388. The second-order valence-corrected chi connectivity index (χ2v) is 5.17. The Morgan fingerprint density at radius 1 is 1.47 bits per heavy atom. The van der Waals surface area contributed by atoms with Crippen molar-refractivity contribution in [2.45, 2.75) is 32.7 Å². The Morgan fingerprint density at radius 3 is 2.94 bits per heavy atom. The molecule has 0 aliphatic carbocycles. The fourth-order valence-electron chi connectivity index (χ4n) is 2.30. The van der Waals surface area contributed by atoms with Gasteiger partial charge in [-0.05, 0) is 31.7 Å². The van der Waals surface area contributed by atoms with Crippen LogP contribution in [0.3, 0.4) is 0 Å². The molecule has 0 bridgehead atoms. The van der Waals surface area contributed by atoms with E-state index in [1.165, 1.54) is 6.42 Å². The van der Waals surface area contributed by atoms with E-state index in [9.17, 15) is 0 Å². The molecule has 2 unspecified atom stereocenters. The molecule has 1 aliphatic heterocycles. The zero-order valence-electron chi connectivity index (χ0n) is 10.2. The molecule has 17 heavy (non-hydrogen) atoms. The Kier molecular flexibility index (Phi) is 3.54. The molecule has 0 radical (unpaired) electrons. The number of piperidine rings is 1. The van der Waals surface area contributed by atoms with E-state index in [1.807, 2.05) is 0 Å². The molecule has 0 aromatic carbocycles. The van der Waals surface area contributed by atoms with Gasteiger partial charge in [0.25, 0.3) is 0 Å². The maximum atomic E-state index is 8.98. The highest BCUT2D eigenvalue weighted by molar-refractivity contribution is 6.34. The molecule has 90 valence electrons. The van der Waals surface area contributed by atoms with Crippen LogP contribution in [0.25, 0.3) is 0 Å². The van der Waals surface area contributed by atoms with Crippen LogP contribution >= 0.6 is 11.6 Å². The van der Waals surface area contributed by atoms with Gasteiger partial charge in [0.15, 0.2) is 0 Å². The Morgan fingerprint density at radius 2 is 2.24 bits per heavy atom. The fraction of sp³-hybridized carbons (Fsp3) is 0.538. The summed E-state index contributed by atoms with van der Waals surface area (Å²) in [7, 11) is 0. The number of rotatable bonds is 1. The van der Waals surface area contributed by atoms with Gasteiger partial charge in [0.2, 0.25) is 0 Å². The van der Waals surface area contributed by atoms with Crippen LogP contribution in [0.1, 0.15) is 32.3 Å². The summed E-state index contributed by atoms with van der Waals surface area (Å²) in [4.78, 5) is 6.56. The number of anilines is 1. The van der Waals surface area contributed by atoms with Gasteiger partial charge in [-0.15, -0.1) is 0 Å². The third-order valence-corrected chi connectivity index (χ3v) is 3.75. The van der Waals surface area contributed by atoms with Crippen LogP contribution in [0.15, 0.2) is 12.3 Å². The van der Waals surface area contributed by atoms with Gasteiger partial charge in [0.1, 0.15) is 16.9 Å². The topological polar surface area (TPSA) is 39.9 Å². The smallest absolute Gasteiger partial charge is 0.148 e. The van der Waals surface area contributed by atoms with E-state index in [1.54, 1.807) is 12.3 Å². The molecular weight excluding hydrogens is 234 g/mol. The van der Waals surface area contributed by atoms with E-state index in [4.69, 9.17) is 16.9 Å². The van der Waals surface area contributed by atoms with Crippen LogP contribution in [-0.4, -0.2) is 17.6 Å². The standard InChI is InChI=1S/C13H16ClN3/c1-9-3-4-10(2)17(8-9)13-12(14)11(7-15)5-6-16-13/h5-6,9-10H,3-4,8H2,1-2H3. The number of hydrogen-bond acceptors (Lipinski definition) is 3. The van der Waals surface area contributed by atoms with Gasteiger partial charge in [0, 0.05) is 18.8 Å². The molecular formula is C13H16ClN3. The number of nitrogens with zero attached hydrogens (tertiary/aromatic N) is 3. The van der Waals surface area contributed by atoms with E-state index < -0.39 is 0 Å². The molecule has 2 heterocycles. The summed E-state index contributed by atoms with van der Waals surface area (Å²) in [5, 5.41) is 9.46. The molecule has 0 N–H and O–H groups in total. The second kappa shape index (κ2) is 4.93. The predicted molar refractivity (Wildman–Crippen MR) is 69.2 cm³/mol. The molecule has 0 saturated carbocycles. The highest BCUT2D eigenvalue weighted by Gasteiger charge is 2.26. The van der Waals surface area contributed by atoms with Crippen LogP contribution in [0.2, 0.25) is 5.02 Å². The summed E-state index contributed by atoms with van der Waals surface area (Å²) in [6, 6.07) is 4.19. The van der Waals surface area contributed by atoms with E-state index in [0.29, 0.717) is 22.5 Å². The van der Waals surface area contributed by atoms with E-state index in [0.717, 1.165) is 18.8 Å². The third-order valence-electron chi connectivity index (χ3n) is 3.38. The second-order valence-electron chi connectivity index (χ2n) is 4.79. The monoisotopic (exact) mass is 249 g/mol. The maximum absolute atomic E-state index is 8.98. The summed E-state index contributed by atoms with van der Waals surface area (Å²) in [6.07, 6.45) is 4.05. The zero-order valence-corrected chi connectivity index (χ0v) is 10.9. The molecule has 3 nitrogen and oxygen atoms in total. The van der Waals surface area contributed by atoms with Crippen molar-refractivity contribution >= 4 is 17.4 Å². The third kappa shape index (κ3) is 2.37. The van der Waals surface area contributed by atoms with Crippen LogP contribution < -0.4 is 4.90 Å². The molecule has 0 spiro atoms. The first-order chi connectivity index (χ1) is 8.13. The summed E-state index contributed by atoms with van der Waals surface area (Å²) in [5.41, 5.74) is 0.502. The van der Waals surface area contributed by atoms with Gasteiger partial charge in [-0.25, -0.2) is 4.98 Å². The van der Waals surface area contributed by atoms with Crippen molar-refractivity contribution in [3.05, 3.63) is 22.8 Å². The fourth-order valence-corrected chi connectivity index (χ4v) is 2.57. The normalized spacial score (nSPS) is 24.5. The zero-order chi connectivity index (χ0) is 12.4. The van der Waals surface area contributed by atoms with Crippen LogP contribution in [0, 0.1) is 17.2 Å². The van der Waals surface area contributed by atoms with Crippen molar-refractivity contribution in [2.24, 2.45) is 5.92 Å². The number of aromatic nitrogens is 1. The Hall–Kier alpha value is -1.27. The molecule has 2 atom stereocenters. The van der Waals surface area contributed by atoms with Crippen molar-refractivity contribution < 1.29 is 0 Å². The first kappa shape index (κ1) is 12.2. The average Bonchev–Trinajstić information content (AvgIpc) is 2.33.